The second kappa shape index (κ2) is 4.51. The Bertz CT molecular complexity index is 201. The molecule has 0 aromatic carbocycles. The predicted molar refractivity (Wildman–Crippen MR) is 40.7 cm³/mol. The van der Waals surface area contributed by atoms with Crippen LogP contribution in [0.3, 0.4) is 0 Å². The minimum Gasteiger partial charge on any atom is -0.480 e. The summed E-state index contributed by atoms with van der Waals surface area (Å²) in [6, 6.07) is 1.67. The largest absolute Gasteiger partial charge is 0.480 e. The summed E-state index contributed by atoms with van der Waals surface area (Å²) in [6.45, 7) is 3.85. The standard InChI is InChI=1S/C8H11NO2/c1-6(2)3-4-7(5-9)8(10)11/h3-4,6-7H,1-2H3,(H,10,11)/b4-3+. The fraction of sp³-hybridized carbons (Fsp3) is 0.500. The van der Waals surface area contributed by atoms with Crippen molar-refractivity contribution in [2.45, 2.75) is 13.8 Å². The van der Waals surface area contributed by atoms with Gasteiger partial charge < -0.3 is 5.11 Å². The fourth-order valence-electron chi connectivity index (χ4n) is 0.514. The summed E-state index contributed by atoms with van der Waals surface area (Å²) in [7, 11) is 0. The van der Waals surface area contributed by atoms with Gasteiger partial charge in [-0.25, -0.2) is 0 Å². The van der Waals surface area contributed by atoms with E-state index in [4.69, 9.17) is 10.4 Å². The molecule has 60 valence electrons. The average molecular weight is 153 g/mol. The normalized spacial score (nSPS) is 13.3. The maximum absolute atomic E-state index is 10.3. The molecule has 0 heterocycles. The van der Waals surface area contributed by atoms with Gasteiger partial charge in [-0.3, -0.25) is 4.79 Å². The second-order valence-corrected chi connectivity index (χ2v) is 2.57. The molecule has 0 rings (SSSR count). The number of carbonyl (C=O) groups is 1. The van der Waals surface area contributed by atoms with Gasteiger partial charge in [0.15, 0.2) is 5.92 Å². The zero-order valence-electron chi connectivity index (χ0n) is 6.61. The van der Waals surface area contributed by atoms with Crippen LogP contribution in [0.5, 0.6) is 0 Å². The topological polar surface area (TPSA) is 61.1 Å². The van der Waals surface area contributed by atoms with Crippen molar-refractivity contribution in [3.05, 3.63) is 12.2 Å². The van der Waals surface area contributed by atoms with Gasteiger partial charge in [-0.15, -0.1) is 0 Å². The third-order valence-electron chi connectivity index (χ3n) is 1.09. The van der Waals surface area contributed by atoms with Gasteiger partial charge in [0.25, 0.3) is 0 Å². The quantitative estimate of drug-likeness (QED) is 0.624. The first-order valence-electron chi connectivity index (χ1n) is 3.38. The first-order valence-corrected chi connectivity index (χ1v) is 3.38. The maximum Gasteiger partial charge on any atom is 0.324 e. The highest BCUT2D eigenvalue weighted by Gasteiger charge is 2.11. The van der Waals surface area contributed by atoms with Crippen molar-refractivity contribution in [2.75, 3.05) is 0 Å². The number of allylic oxidation sites excluding steroid dienone is 1. The number of aliphatic carboxylic acids is 1. The molecule has 0 bridgehead atoms. The number of carboxylic acid groups (broad SMARTS) is 1. The van der Waals surface area contributed by atoms with Crippen LogP contribution in [0.1, 0.15) is 13.8 Å². The van der Waals surface area contributed by atoms with Crippen molar-refractivity contribution >= 4 is 5.97 Å². The highest BCUT2D eigenvalue weighted by atomic mass is 16.4. The third kappa shape index (κ3) is 4.15. The molecule has 1 N–H and O–H groups in total. The Morgan fingerprint density at radius 3 is 2.36 bits per heavy atom. The van der Waals surface area contributed by atoms with Crippen LogP contribution in [0.15, 0.2) is 12.2 Å². The minimum atomic E-state index is -1.09. The smallest absolute Gasteiger partial charge is 0.324 e. The molecule has 3 nitrogen and oxygen atoms in total. The molecule has 0 aliphatic rings. The Morgan fingerprint density at radius 2 is 2.09 bits per heavy atom. The lowest BCUT2D eigenvalue weighted by atomic mass is 10.1. The first-order chi connectivity index (χ1) is 5.07. The third-order valence-corrected chi connectivity index (χ3v) is 1.09. The fourth-order valence-corrected chi connectivity index (χ4v) is 0.514. The Morgan fingerprint density at radius 1 is 1.55 bits per heavy atom. The number of hydrogen-bond acceptors (Lipinski definition) is 2. The maximum atomic E-state index is 10.3. The number of nitrogens with zero attached hydrogens (tertiary/aromatic N) is 1. The molecule has 1 unspecified atom stereocenters. The van der Waals surface area contributed by atoms with Crippen molar-refractivity contribution in [1.82, 2.24) is 0 Å². The molecule has 0 fully saturated rings. The molecule has 3 heteroatoms. The van der Waals surface area contributed by atoms with Crippen LogP contribution in [-0.2, 0) is 4.79 Å². The summed E-state index contributed by atoms with van der Waals surface area (Å²) in [5.41, 5.74) is 0. The molecule has 0 amide bonds. The highest BCUT2D eigenvalue weighted by Crippen LogP contribution is 2.01. The number of rotatable bonds is 3. The van der Waals surface area contributed by atoms with Crippen LogP contribution in [0.25, 0.3) is 0 Å². The highest BCUT2D eigenvalue weighted by molar-refractivity contribution is 5.75. The van der Waals surface area contributed by atoms with Crippen molar-refractivity contribution in [3.8, 4) is 6.07 Å². The summed E-state index contributed by atoms with van der Waals surface area (Å²) >= 11 is 0. The van der Waals surface area contributed by atoms with E-state index in [1.165, 1.54) is 6.08 Å². The lowest BCUT2D eigenvalue weighted by Crippen LogP contribution is -2.08. The molecule has 1 atom stereocenters. The van der Waals surface area contributed by atoms with Crippen LogP contribution in [-0.4, -0.2) is 11.1 Å². The number of nitriles is 1. The van der Waals surface area contributed by atoms with Crippen molar-refractivity contribution in [1.29, 1.82) is 5.26 Å². The molecule has 0 aromatic rings. The van der Waals surface area contributed by atoms with E-state index in [1.54, 1.807) is 12.1 Å². The van der Waals surface area contributed by atoms with E-state index in [2.05, 4.69) is 0 Å². The first kappa shape index (κ1) is 9.70. The molecule has 0 aliphatic heterocycles. The Balaban J connectivity index is 4.12. The lowest BCUT2D eigenvalue weighted by Gasteiger charge is -1.96. The average Bonchev–Trinajstić information content (AvgIpc) is 1.87. The second-order valence-electron chi connectivity index (χ2n) is 2.57. The molecule has 0 spiro atoms. The van der Waals surface area contributed by atoms with Crippen LogP contribution in [0, 0.1) is 23.2 Å². The number of carboxylic acids is 1. The Kier molecular flexibility index (Phi) is 3.97. The molecule has 0 radical (unpaired) electrons. The summed E-state index contributed by atoms with van der Waals surface area (Å²) in [5.74, 6) is -1.81. The van der Waals surface area contributed by atoms with Crippen molar-refractivity contribution in [2.24, 2.45) is 11.8 Å². The molecule has 11 heavy (non-hydrogen) atoms. The van der Waals surface area contributed by atoms with Crippen LogP contribution in [0.2, 0.25) is 0 Å². The van der Waals surface area contributed by atoms with E-state index in [0.717, 1.165) is 0 Å². The Labute approximate surface area is 66.0 Å². The van der Waals surface area contributed by atoms with Crippen molar-refractivity contribution in [3.63, 3.8) is 0 Å². The summed E-state index contributed by atoms with van der Waals surface area (Å²) in [6.07, 6.45) is 3.12. The van der Waals surface area contributed by atoms with Crippen LogP contribution in [0.4, 0.5) is 0 Å². The zero-order chi connectivity index (χ0) is 8.85. The van der Waals surface area contributed by atoms with Gasteiger partial charge in [-0.05, 0) is 5.92 Å². The molecular weight excluding hydrogens is 142 g/mol. The van der Waals surface area contributed by atoms with E-state index in [0.29, 0.717) is 0 Å². The van der Waals surface area contributed by atoms with Gasteiger partial charge in [-0.1, -0.05) is 26.0 Å². The monoisotopic (exact) mass is 153 g/mol. The zero-order valence-corrected chi connectivity index (χ0v) is 6.61. The van der Waals surface area contributed by atoms with Gasteiger partial charge in [0.1, 0.15) is 0 Å². The van der Waals surface area contributed by atoms with E-state index >= 15 is 0 Å². The minimum absolute atomic E-state index is 0.283. The summed E-state index contributed by atoms with van der Waals surface area (Å²) in [4.78, 5) is 10.3. The van der Waals surface area contributed by atoms with E-state index in [9.17, 15) is 4.79 Å². The SMILES string of the molecule is CC(C)/C=C/C(C#N)C(=O)O. The van der Waals surface area contributed by atoms with Crippen molar-refractivity contribution < 1.29 is 9.90 Å². The molecule has 0 saturated heterocycles. The van der Waals surface area contributed by atoms with E-state index in [1.807, 2.05) is 13.8 Å². The van der Waals surface area contributed by atoms with Gasteiger partial charge >= 0.3 is 5.97 Å². The molecule has 0 aliphatic carbocycles. The predicted octanol–water partition coefficient (Wildman–Crippen LogP) is 1.42. The van der Waals surface area contributed by atoms with E-state index in [-0.39, 0.29) is 5.92 Å². The lowest BCUT2D eigenvalue weighted by molar-refractivity contribution is -0.138. The van der Waals surface area contributed by atoms with Gasteiger partial charge in [0.2, 0.25) is 0 Å². The molecular formula is C8H11NO2. The molecule has 0 aromatic heterocycles. The van der Waals surface area contributed by atoms with Crippen LogP contribution < -0.4 is 0 Å². The van der Waals surface area contributed by atoms with E-state index < -0.39 is 11.9 Å². The summed E-state index contributed by atoms with van der Waals surface area (Å²) in [5, 5.41) is 16.7. The van der Waals surface area contributed by atoms with Gasteiger partial charge in [0, 0.05) is 0 Å². The number of hydrogen-bond donors (Lipinski definition) is 1. The van der Waals surface area contributed by atoms with Gasteiger partial charge in [0.05, 0.1) is 6.07 Å². The van der Waals surface area contributed by atoms with Crippen LogP contribution >= 0.6 is 0 Å². The summed E-state index contributed by atoms with van der Waals surface area (Å²) < 4.78 is 0. The molecule has 0 saturated carbocycles. The Hall–Kier alpha value is -1.30. The van der Waals surface area contributed by atoms with Gasteiger partial charge in [-0.2, -0.15) is 5.26 Å².